The van der Waals surface area contributed by atoms with Gasteiger partial charge in [0.1, 0.15) is 54.9 Å². The number of nitrogens with zero attached hydrogens (tertiary/aromatic N) is 3. The van der Waals surface area contributed by atoms with Crippen molar-refractivity contribution in [2.45, 2.75) is 183 Å². The first-order chi connectivity index (χ1) is 34.0. The summed E-state index contributed by atoms with van der Waals surface area (Å²) < 4.78 is 69.9. The predicted octanol–water partition coefficient (Wildman–Crippen LogP) is -0.762. The fourth-order valence-corrected chi connectivity index (χ4v) is 9.53. The monoisotopic (exact) mass is 1050 g/mol. The molecule has 408 valence electrons. The quantitative estimate of drug-likeness (QED) is 0.0170. The largest absolute Gasteiger partial charge is 0.726 e. The number of aromatic amines is 1. The number of nitrogens with two attached hydrogens (primary N) is 1. The molecule has 0 saturated carbocycles. The van der Waals surface area contributed by atoms with Crippen LogP contribution in [0.3, 0.4) is 0 Å². The Morgan fingerprint density at radius 2 is 1.57 bits per heavy atom. The van der Waals surface area contributed by atoms with Gasteiger partial charge in [-0.2, -0.15) is 0 Å². The van der Waals surface area contributed by atoms with Crippen molar-refractivity contribution in [3.63, 3.8) is 0 Å². The molecule has 0 unspecified atom stereocenters. The molecular formula is C45H70N5O21S-. The van der Waals surface area contributed by atoms with E-state index in [-0.39, 0.29) is 19.3 Å². The molecule has 0 spiro atoms. The Morgan fingerprint density at radius 3 is 2.18 bits per heavy atom. The van der Waals surface area contributed by atoms with Crippen LogP contribution < -0.4 is 17.0 Å². The zero-order chi connectivity index (χ0) is 53.4. The maximum atomic E-state index is 14.7. The Balaban J connectivity index is 1.62. The molecular weight excluding hydrogens is 979 g/mol. The number of likely N-dealkylation sites (N-methyl/N-ethyl adjacent to an activating group) is 2. The van der Waals surface area contributed by atoms with E-state index in [1.54, 1.807) is 6.92 Å². The van der Waals surface area contributed by atoms with Crippen molar-refractivity contribution in [3.05, 3.63) is 45.3 Å². The summed E-state index contributed by atoms with van der Waals surface area (Å²) in [6.07, 6.45) is -6.49. The van der Waals surface area contributed by atoms with Crippen molar-refractivity contribution in [1.29, 1.82) is 0 Å². The van der Waals surface area contributed by atoms with E-state index in [2.05, 4.69) is 23.3 Å². The minimum Gasteiger partial charge on any atom is -0.726 e. The maximum absolute atomic E-state index is 14.7. The van der Waals surface area contributed by atoms with Gasteiger partial charge in [0.2, 0.25) is 16.3 Å². The number of allylic oxidation sites excluding steroid dienone is 2. The third kappa shape index (κ3) is 17.2. The van der Waals surface area contributed by atoms with Gasteiger partial charge in [-0.15, -0.1) is 0 Å². The van der Waals surface area contributed by atoms with Crippen LogP contribution in [0.15, 0.2) is 34.0 Å². The normalized spacial score (nSPS) is 28.4. The van der Waals surface area contributed by atoms with Gasteiger partial charge < -0.3 is 64.4 Å². The van der Waals surface area contributed by atoms with Crippen LogP contribution in [0.4, 0.5) is 0 Å². The second kappa shape index (κ2) is 28.1. The number of carbonyl (C=O) groups is 5. The van der Waals surface area contributed by atoms with Crippen molar-refractivity contribution >= 4 is 40.2 Å². The molecule has 26 nitrogen and oxygen atoms in total. The van der Waals surface area contributed by atoms with E-state index in [9.17, 15) is 72.1 Å². The third-order valence-corrected chi connectivity index (χ3v) is 13.2. The maximum Gasteiger partial charge on any atom is 0.330 e. The first kappa shape index (κ1) is 59.9. The molecule has 3 fully saturated rings. The molecule has 8 N–H and O–H groups in total. The van der Waals surface area contributed by atoms with E-state index in [0.717, 1.165) is 43.5 Å². The number of nitrogens with one attached hydrogen (secondary N) is 1. The van der Waals surface area contributed by atoms with Crippen LogP contribution in [0.1, 0.15) is 110 Å². The summed E-state index contributed by atoms with van der Waals surface area (Å²) >= 11 is 0. The first-order valence-electron chi connectivity index (χ1n) is 24.1. The number of carboxylic acids is 2. The number of H-pyrrole nitrogens is 1. The minimum atomic E-state index is -5.62. The molecule has 27 heteroatoms. The standard InChI is InChI=1S/C45H71N5O21S/c1-5-6-7-8-9-10-11-12-13-14-15-16-17-26(66-31(54)21-25(2)20-30(52)53)22-32(55)67-28-24-48(3)34(41(59)49(4)33(28)43(60)61)38(70-44-40(71-72(63,64)65)35(56)27(23-46)68-44)39-36(57)37(58)42(69-39)50-19-18-29(51)47-45(50)62/h12-13,18-19,25-28,33-40,42,44,56-58H,5-11,14-17,20-24,46H2,1-4H3,(H,52,53)(H,60,61)(H,47,51,62)(H,63,64,65)/p-1/b13-12-/t25-,26+,27-,28+,33+,34+,35-,36+,37-,38+,39+,40-,42-,44+/m1/s1. The highest BCUT2D eigenvalue weighted by Crippen LogP contribution is 2.37. The molecule has 1 amide bonds. The van der Waals surface area contributed by atoms with E-state index >= 15 is 0 Å². The second-order valence-electron chi connectivity index (χ2n) is 18.5. The Labute approximate surface area is 416 Å². The highest BCUT2D eigenvalue weighted by Gasteiger charge is 2.57. The van der Waals surface area contributed by atoms with Crippen LogP contribution in [-0.2, 0) is 62.2 Å². The lowest BCUT2D eigenvalue weighted by Crippen LogP contribution is -2.60. The number of aromatic nitrogens is 2. The van der Waals surface area contributed by atoms with E-state index < -0.39 is 156 Å². The summed E-state index contributed by atoms with van der Waals surface area (Å²) in [6.45, 7) is 2.59. The molecule has 1 aromatic rings. The zero-order valence-corrected chi connectivity index (χ0v) is 41.6. The van der Waals surface area contributed by atoms with Crippen molar-refractivity contribution in [2.75, 3.05) is 27.2 Å². The molecule has 0 radical (unpaired) electrons. The van der Waals surface area contributed by atoms with Crippen LogP contribution in [0.5, 0.6) is 0 Å². The Bertz CT molecular complexity index is 2230. The number of aliphatic hydroxyl groups is 3. The van der Waals surface area contributed by atoms with Gasteiger partial charge in [0, 0.05) is 45.2 Å². The highest BCUT2D eigenvalue weighted by atomic mass is 32.3. The lowest BCUT2D eigenvalue weighted by molar-refractivity contribution is -0.230. The number of ether oxygens (including phenoxy) is 5. The number of carbonyl (C=O) groups excluding carboxylic acids is 3. The molecule has 3 aliphatic heterocycles. The molecule has 0 bridgehead atoms. The average molecular weight is 1050 g/mol. The van der Waals surface area contributed by atoms with Gasteiger partial charge in [0.05, 0.1) is 6.42 Å². The summed E-state index contributed by atoms with van der Waals surface area (Å²) in [4.78, 5) is 94.2. The molecule has 0 aliphatic carbocycles. The van der Waals surface area contributed by atoms with E-state index in [4.69, 9.17) is 29.4 Å². The number of aliphatic carboxylic acids is 2. The molecule has 72 heavy (non-hydrogen) atoms. The van der Waals surface area contributed by atoms with Gasteiger partial charge in [-0.25, -0.2) is 18.0 Å². The van der Waals surface area contributed by atoms with Crippen LogP contribution in [0, 0.1) is 5.92 Å². The number of hydrogen-bond donors (Lipinski definition) is 7. The molecule has 4 rings (SSSR count). The lowest BCUT2D eigenvalue weighted by Gasteiger charge is -2.38. The Hall–Kier alpha value is -4.68. The molecule has 14 atom stereocenters. The summed E-state index contributed by atoms with van der Waals surface area (Å²) in [6, 6.07) is -2.92. The van der Waals surface area contributed by atoms with E-state index in [0.29, 0.717) is 28.7 Å². The van der Waals surface area contributed by atoms with Crippen molar-refractivity contribution in [2.24, 2.45) is 11.7 Å². The number of unbranched alkanes of at least 4 members (excludes halogenated alkanes) is 8. The van der Waals surface area contributed by atoms with Crippen LogP contribution in [0.25, 0.3) is 0 Å². The number of esters is 2. The molecule has 3 aliphatic rings. The SMILES string of the molecule is CCCCCCCC/C=C\CCCC[C@@H](CC(=O)O[C@H]1CN(C)[C@@H]([C@H](O[C@@H]2O[C@H](CN)[C@@H](O)[C@H]2OS(=O)(=O)[O-])[C@H]2O[C@@H](n3ccc(=O)[nH]c3=O)[C@H](O)[C@@H]2O)C(=O)N(C)[C@@H]1C(=O)O)OC(=O)C[C@H](C)CC(=O)O. The van der Waals surface area contributed by atoms with Crippen LogP contribution in [0.2, 0.25) is 0 Å². The first-order valence-corrected chi connectivity index (χ1v) is 25.4. The predicted molar refractivity (Wildman–Crippen MR) is 247 cm³/mol. The molecule has 0 aromatic carbocycles. The minimum absolute atomic E-state index is 0.175. The van der Waals surface area contributed by atoms with Gasteiger partial charge in [-0.05, 0) is 51.5 Å². The summed E-state index contributed by atoms with van der Waals surface area (Å²) in [5.41, 5.74) is 3.76. The van der Waals surface area contributed by atoms with E-state index in [1.165, 1.54) is 32.7 Å². The Kier molecular flexibility index (Phi) is 23.4. The third-order valence-electron chi connectivity index (χ3n) is 12.7. The number of aliphatic hydroxyl groups excluding tert-OH is 3. The number of amides is 1. The summed E-state index contributed by atoms with van der Waals surface area (Å²) in [5, 5.41) is 53.4. The van der Waals surface area contributed by atoms with Crippen molar-refractivity contribution in [3.8, 4) is 0 Å². The van der Waals surface area contributed by atoms with Crippen LogP contribution >= 0.6 is 0 Å². The number of rotatable bonds is 29. The van der Waals surface area contributed by atoms with Gasteiger partial charge in [-0.3, -0.25) is 42.6 Å². The fourth-order valence-electron chi connectivity index (χ4n) is 9.05. The Morgan fingerprint density at radius 1 is 0.917 bits per heavy atom. The van der Waals surface area contributed by atoms with Gasteiger partial charge >= 0.3 is 29.6 Å². The van der Waals surface area contributed by atoms with Gasteiger partial charge in [0.25, 0.3) is 5.56 Å². The highest BCUT2D eigenvalue weighted by molar-refractivity contribution is 7.80. The van der Waals surface area contributed by atoms with Gasteiger partial charge in [0.15, 0.2) is 24.7 Å². The molecule has 4 heterocycles. The van der Waals surface area contributed by atoms with E-state index in [1.807, 2.05) is 4.98 Å². The van der Waals surface area contributed by atoms with Gasteiger partial charge in [-0.1, -0.05) is 58.1 Å². The average Bonchev–Trinajstić information content (AvgIpc) is 3.70. The number of hydrogen-bond acceptors (Lipinski definition) is 21. The zero-order valence-electron chi connectivity index (χ0n) is 40.8. The summed E-state index contributed by atoms with van der Waals surface area (Å²) in [5.74, 6) is -6.34. The number of carboxylic acid groups (broad SMARTS) is 2. The second-order valence-corrected chi connectivity index (χ2v) is 19.5. The fraction of sp³-hybridized carbons (Fsp3) is 0.756. The summed E-state index contributed by atoms with van der Waals surface area (Å²) in [7, 11) is -3.34. The smallest absolute Gasteiger partial charge is 0.330 e. The molecule has 1 aromatic heterocycles. The van der Waals surface area contributed by atoms with Crippen molar-refractivity contribution in [1.82, 2.24) is 19.4 Å². The van der Waals surface area contributed by atoms with Crippen molar-refractivity contribution < 1.29 is 90.3 Å². The van der Waals surface area contributed by atoms with Crippen LogP contribution in [-0.4, -0.2) is 188 Å². The molecule has 3 saturated heterocycles. The topological polar surface area (TPSA) is 386 Å². The lowest BCUT2D eigenvalue weighted by atomic mass is 9.97.